The molecule has 2 aromatic rings. The zero-order valence-corrected chi connectivity index (χ0v) is 10.5. The van der Waals surface area contributed by atoms with Crippen molar-refractivity contribution < 1.29 is 5.11 Å². The fourth-order valence-corrected chi connectivity index (χ4v) is 1.88. The highest BCUT2D eigenvalue weighted by molar-refractivity contribution is 9.10. The number of aromatic nitrogens is 2. The minimum atomic E-state index is -0.0146. The molecular weight excluding hydrogens is 282 g/mol. The lowest BCUT2D eigenvalue weighted by Gasteiger charge is -1.99. The van der Waals surface area contributed by atoms with E-state index in [1.807, 2.05) is 24.3 Å². The second-order valence-corrected chi connectivity index (χ2v) is 4.43. The maximum absolute atomic E-state index is 9.13. The summed E-state index contributed by atoms with van der Waals surface area (Å²) >= 11 is 3.36. The van der Waals surface area contributed by atoms with Crippen molar-refractivity contribution in [3.63, 3.8) is 0 Å². The van der Waals surface area contributed by atoms with E-state index >= 15 is 0 Å². The Balaban J connectivity index is 2.46. The first kappa shape index (κ1) is 11.8. The van der Waals surface area contributed by atoms with E-state index in [0.717, 1.165) is 10.0 Å². The summed E-state index contributed by atoms with van der Waals surface area (Å²) in [5, 5.41) is 24.9. The van der Waals surface area contributed by atoms with E-state index in [0.29, 0.717) is 23.4 Å². The van der Waals surface area contributed by atoms with E-state index < -0.39 is 0 Å². The number of benzene rings is 1. The quantitative estimate of drug-likeness (QED) is 0.911. The van der Waals surface area contributed by atoms with E-state index in [2.05, 4.69) is 32.2 Å². The van der Waals surface area contributed by atoms with Crippen LogP contribution in [0.5, 0.6) is 0 Å². The maximum Gasteiger partial charge on any atom is 0.103 e. The van der Waals surface area contributed by atoms with Gasteiger partial charge in [-0.15, -0.1) is 0 Å². The van der Waals surface area contributed by atoms with Gasteiger partial charge in [-0.2, -0.15) is 10.4 Å². The first-order chi connectivity index (χ1) is 8.26. The summed E-state index contributed by atoms with van der Waals surface area (Å²) in [6.07, 6.45) is 0.385. The van der Waals surface area contributed by atoms with Gasteiger partial charge in [-0.05, 0) is 12.1 Å². The van der Waals surface area contributed by atoms with Gasteiger partial charge in [-0.1, -0.05) is 28.1 Å². The summed E-state index contributed by atoms with van der Waals surface area (Å²) in [6.45, 7) is -0.0146. The number of hydrogen-bond donors (Lipinski definition) is 2. The number of nitrogens with zero attached hydrogens (tertiary/aromatic N) is 2. The summed E-state index contributed by atoms with van der Waals surface area (Å²) in [5.41, 5.74) is 2.71. The lowest BCUT2D eigenvalue weighted by molar-refractivity contribution is 0.298. The van der Waals surface area contributed by atoms with Crippen LogP contribution in [-0.4, -0.2) is 21.9 Å². The molecule has 0 aliphatic rings. The number of nitriles is 1. The van der Waals surface area contributed by atoms with Crippen LogP contribution in [0.25, 0.3) is 11.3 Å². The van der Waals surface area contributed by atoms with E-state index in [4.69, 9.17) is 10.4 Å². The van der Waals surface area contributed by atoms with Crippen LogP contribution < -0.4 is 0 Å². The van der Waals surface area contributed by atoms with E-state index in [-0.39, 0.29) is 6.61 Å². The molecule has 0 fully saturated rings. The number of H-pyrrole nitrogens is 1. The molecular formula is C12H10BrN3O. The van der Waals surface area contributed by atoms with Crippen LogP contribution in [-0.2, 0) is 6.42 Å². The van der Waals surface area contributed by atoms with Gasteiger partial charge in [-0.3, -0.25) is 5.10 Å². The normalized spacial score (nSPS) is 10.2. The summed E-state index contributed by atoms with van der Waals surface area (Å²) < 4.78 is 0.981. The summed E-state index contributed by atoms with van der Waals surface area (Å²) in [6, 6.07) is 9.74. The molecule has 2 rings (SSSR count). The van der Waals surface area contributed by atoms with Crippen molar-refractivity contribution in [1.29, 1.82) is 5.26 Å². The second-order valence-electron chi connectivity index (χ2n) is 3.51. The predicted molar refractivity (Wildman–Crippen MR) is 67.2 cm³/mol. The Morgan fingerprint density at radius 1 is 1.35 bits per heavy atom. The third-order valence-corrected chi connectivity index (χ3v) is 2.96. The number of hydrogen-bond acceptors (Lipinski definition) is 3. The van der Waals surface area contributed by atoms with Crippen LogP contribution in [0, 0.1) is 11.3 Å². The van der Waals surface area contributed by atoms with Gasteiger partial charge in [0.05, 0.1) is 11.4 Å². The van der Waals surface area contributed by atoms with Gasteiger partial charge in [0.2, 0.25) is 0 Å². The summed E-state index contributed by atoms with van der Waals surface area (Å²) in [7, 11) is 0. The Hall–Kier alpha value is -1.64. The van der Waals surface area contributed by atoms with Crippen molar-refractivity contribution in [2.45, 2.75) is 6.42 Å². The number of aromatic amines is 1. The molecule has 1 aromatic heterocycles. The third kappa shape index (κ3) is 2.38. The SMILES string of the molecule is N#Cc1c(CCO)n[nH]c1-c1ccc(Br)cc1. The van der Waals surface area contributed by atoms with Crippen LogP contribution in [0.1, 0.15) is 11.3 Å². The van der Waals surface area contributed by atoms with E-state index in [9.17, 15) is 0 Å². The maximum atomic E-state index is 9.13. The highest BCUT2D eigenvalue weighted by Gasteiger charge is 2.13. The van der Waals surface area contributed by atoms with Crippen molar-refractivity contribution in [2.24, 2.45) is 0 Å². The molecule has 2 N–H and O–H groups in total. The zero-order chi connectivity index (χ0) is 12.3. The molecule has 1 aromatic carbocycles. The molecule has 86 valence electrons. The van der Waals surface area contributed by atoms with Crippen LogP contribution in [0.2, 0.25) is 0 Å². The van der Waals surface area contributed by atoms with Crippen LogP contribution >= 0.6 is 15.9 Å². The van der Waals surface area contributed by atoms with Crippen molar-refractivity contribution in [1.82, 2.24) is 10.2 Å². The highest BCUT2D eigenvalue weighted by Crippen LogP contribution is 2.24. The highest BCUT2D eigenvalue weighted by atomic mass is 79.9. The number of aliphatic hydroxyl groups excluding tert-OH is 1. The molecule has 17 heavy (non-hydrogen) atoms. The lowest BCUT2D eigenvalue weighted by Crippen LogP contribution is -1.93. The minimum Gasteiger partial charge on any atom is -0.396 e. The molecule has 0 aliphatic heterocycles. The predicted octanol–water partition coefficient (Wildman–Crippen LogP) is 2.25. The van der Waals surface area contributed by atoms with Gasteiger partial charge in [0.15, 0.2) is 0 Å². The second kappa shape index (κ2) is 5.13. The zero-order valence-electron chi connectivity index (χ0n) is 8.94. The Morgan fingerprint density at radius 2 is 2.06 bits per heavy atom. The lowest BCUT2D eigenvalue weighted by atomic mass is 10.1. The molecule has 0 radical (unpaired) electrons. The van der Waals surface area contributed by atoms with Crippen molar-refractivity contribution in [3.8, 4) is 17.3 Å². The van der Waals surface area contributed by atoms with Gasteiger partial charge in [-0.25, -0.2) is 0 Å². The Bertz CT molecular complexity index is 554. The molecule has 0 saturated carbocycles. The summed E-state index contributed by atoms with van der Waals surface area (Å²) in [5.74, 6) is 0. The molecule has 0 atom stereocenters. The first-order valence-electron chi connectivity index (χ1n) is 5.10. The molecule has 5 heteroatoms. The average Bonchev–Trinajstić information content (AvgIpc) is 2.73. The Morgan fingerprint density at radius 3 is 2.65 bits per heavy atom. The third-order valence-electron chi connectivity index (χ3n) is 2.43. The molecule has 0 amide bonds. The van der Waals surface area contributed by atoms with E-state index in [1.165, 1.54) is 0 Å². The van der Waals surface area contributed by atoms with Gasteiger partial charge < -0.3 is 5.11 Å². The standard InChI is InChI=1S/C12H10BrN3O/c13-9-3-1-8(2-4-9)12-10(7-14)11(5-6-17)15-16-12/h1-4,17H,5-6H2,(H,15,16). The number of halogens is 1. The van der Waals surface area contributed by atoms with Crippen LogP contribution in [0.15, 0.2) is 28.7 Å². The van der Waals surface area contributed by atoms with Crippen LogP contribution in [0.3, 0.4) is 0 Å². The average molecular weight is 292 g/mol. The van der Waals surface area contributed by atoms with Crippen molar-refractivity contribution in [2.75, 3.05) is 6.61 Å². The van der Waals surface area contributed by atoms with Crippen molar-refractivity contribution >= 4 is 15.9 Å². The largest absolute Gasteiger partial charge is 0.396 e. The molecule has 0 unspecified atom stereocenters. The monoisotopic (exact) mass is 291 g/mol. The molecule has 4 nitrogen and oxygen atoms in total. The van der Waals surface area contributed by atoms with Gasteiger partial charge in [0, 0.05) is 23.1 Å². The minimum absolute atomic E-state index is 0.0146. The molecule has 0 aliphatic carbocycles. The Labute approximate surface area is 107 Å². The molecule has 1 heterocycles. The fraction of sp³-hybridized carbons (Fsp3) is 0.167. The topological polar surface area (TPSA) is 72.7 Å². The molecule has 0 spiro atoms. The number of nitrogens with one attached hydrogen (secondary N) is 1. The van der Waals surface area contributed by atoms with Gasteiger partial charge in [0.1, 0.15) is 11.6 Å². The first-order valence-corrected chi connectivity index (χ1v) is 5.89. The van der Waals surface area contributed by atoms with E-state index in [1.54, 1.807) is 0 Å². The molecule has 0 bridgehead atoms. The number of aliphatic hydroxyl groups is 1. The molecule has 0 saturated heterocycles. The Kier molecular flexibility index (Phi) is 3.57. The number of rotatable bonds is 3. The van der Waals surface area contributed by atoms with Crippen LogP contribution in [0.4, 0.5) is 0 Å². The van der Waals surface area contributed by atoms with Gasteiger partial charge in [0.25, 0.3) is 0 Å². The van der Waals surface area contributed by atoms with Crippen molar-refractivity contribution in [3.05, 3.63) is 40.0 Å². The van der Waals surface area contributed by atoms with Gasteiger partial charge >= 0.3 is 0 Å². The summed E-state index contributed by atoms with van der Waals surface area (Å²) in [4.78, 5) is 0. The smallest absolute Gasteiger partial charge is 0.103 e. The fourth-order valence-electron chi connectivity index (χ4n) is 1.61.